The van der Waals surface area contributed by atoms with E-state index in [0.717, 1.165) is 6.42 Å². The first kappa shape index (κ1) is 8.49. The lowest BCUT2D eigenvalue weighted by Crippen LogP contribution is -2.28. The predicted octanol–water partition coefficient (Wildman–Crippen LogP) is -0.393. The van der Waals surface area contributed by atoms with Gasteiger partial charge in [-0.1, -0.05) is 0 Å². The minimum Gasteiger partial charge on any atom is -0.370 e. The van der Waals surface area contributed by atoms with Crippen LogP contribution in [0.3, 0.4) is 0 Å². The number of nitrogens with two attached hydrogens (primary N) is 1. The van der Waals surface area contributed by atoms with E-state index < -0.39 is 6.29 Å². The number of aliphatic hydroxyl groups excluding tert-OH is 1. The van der Waals surface area contributed by atoms with Crippen LogP contribution >= 0.6 is 0 Å². The van der Waals surface area contributed by atoms with Gasteiger partial charge >= 0.3 is 0 Å². The standard InChI is InChI=1S/C7H13NO3/c8-6(9)3-5-1-2-11-7(10)4-5/h5,7,10H,1-4H2,(H2,8,9). The summed E-state index contributed by atoms with van der Waals surface area (Å²) in [5, 5.41) is 9.02. The van der Waals surface area contributed by atoms with E-state index in [2.05, 4.69) is 0 Å². The molecule has 11 heavy (non-hydrogen) atoms. The van der Waals surface area contributed by atoms with Gasteiger partial charge in [-0.15, -0.1) is 0 Å². The highest BCUT2D eigenvalue weighted by molar-refractivity contribution is 5.73. The summed E-state index contributed by atoms with van der Waals surface area (Å²) in [7, 11) is 0. The SMILES string of the molecule is NC(=O)CC1CCOC(O)C1. The Balaban J connectivity index is 2.28. The number of aliphatic hydroxyl groups is 1. The molecule has 3 N–H and O–H groups in total. The van der Waals surface area contributed by atoms with E-state index in [9.17, 15) is 4.79 Å². The van der Waals surface area contributed by atoms with E-state index in [0.29, 0.717) is 19.4 Å². The van der Waals surface area contributed by atoms with E-state index >= 15 is 0 Å². The summed E-state index contributed by atoms with van der Waals surface area (Å²) < 4.78 is 4.89. The highest BCUT2D eigenvalue weighted by Crippen LogP contribution is 2.21. The van der Waals surface area contributed by atoms with E-state index in [1.165, 1.54) is 0 Å². The normalized spacial score (nSPS) is 31.7. The molecular weight excluding hydrogens is 146 g/mol. The molecule has 0 spiro atoms. The van der Waals surface area contributed by atoms with Gasteiger partial charge in [0.2, 0.25) is 5.91 Å². The maximum atomic E-state index is 10.5. The Hall–Kier alpha value is -0.610. The molecular formula is C7H13NO3. The van der Waals surface area contributed by atoms with Crippen molar-refractivity contribution in [3.63, 3.8) is 0 Å². The number of rotatable bonds is 2. The van der Waals surface area contributed by atoms with Crippen LogP contribution in [0, 0.1) is 5.92 Å². The molecule has 1 aliphatic heterocycles. The fourth-order valence-electron chi connectivity index (χ4n) is 1.31. The van der Waals surface area contributed by atoms with Crippen LogP contribution in [0.5, 0.6) is 0 Å². The number of carbonyl (C=O) groups is 1. The lowest BCUT2D eigenvalue weighted by atomic mass is 9.95. The molecule has 0 aromatic carbocycles. The highest BCUT2D eigenvalue weighted by atomic mass is 16.6. The van der Waals surface area contributed by atoms with Crippen LogP contribution in [0.4, 0.5) is 0 Å². The van der Waals surface area contributed by atoms with Crippen molar-refractivity contribution in [2.45, 2.75) is 25.6 Å². The Kier molecular flexibility index (Phi) is 2.84. The van der Waals surface area contributed by atoms with Gasteiger partial charge in [0.05, 0.1) is 6.61 Å². The van der Waals surface area contributed by atoms with Crippen LogP contribution in [0.15, 0.2) is 0 Å². The summed E-state index contributed by atoms with van der Waals surface area (Å²) in [5.74, 6) is -0.0969. The van der Waals surface area contributed by atoms with Crippen LogP contribution in [-0.2, 0) is 9.53 Å². The average Bonchev–Trinajstić information content (AvgIpc) is 1.85. The second-order valence-corrected chi connectivity index (χ2v) is 2.89. The van der Waals surface area contributed by atoms with Crippen LogP contribution in [0.2, 0.25) is 0 Å². The second-order valence-electron chi connectivity index (χ2n) is 2.89. The fraction of sp³-hybridized carbons (Fsp3) is 0.857. The van der Waals surface area contributed by atoms with E-state index in [4.69, 9.17) is 15.6 Å². The van der Waals surface area contributed by atoms with Crippen molar-refractivity contribution >= 4 is 5.91 Å². The molecule has 1 rings (SSSR count). The minimum absolute atomic E-state index is 0.205. The van der Waals surface area contributed by atoms with Gasteiger partial charge in [-0.2, -0.15) is 0 Å². The summed E-state index contributed by atoms with van der Waals surface area (Å²) >= 11 is 0. The zero-order valence-electron chi connectivity index (χ0n) is 6.32. The van der Waals surface area contributed by atoms with Crippen LogP contribution < -0.4 is 5.73 Å². The minimum atomic E-state index is -0.701. The molecule has 0 radical (unpaired) electrons. The number of hydrogen-bond donors (Lipinski definition) is 2. The monoisotopic (exact) mass is 159 g/mol. The van der Waals surface area contributed by atoms with Crippen LogP contribution in [0.1, 0.15) is 19.3 Å². The molecule has 0 bridgehead atoms. The van der Waals surface area contributed by atoms with Crippen molar-refractivity contribution in [2.24, 2.45) is 11.7 Å². The molecule has 4 nitrogen and oxygen atoms in total. The van der Waals surface area contributed by atoms with Crippen molar-refractivity contribution in [1.82, 2.24) is 0 Å². The molecule has 1 fully saturated rings. The Labute approximate surface area is 65.3 Å². The largest absolute Gasteiger partial charge is 0.370 e. The molecule has 2 unspecified atom stereocenters. The third-order valence-corrected chi connectivity index (χ3v) is 1.86. The van der Waals surface area contributed by atoms with Gasteiger partial charge in [0.1, 0.15) is 0 Å². The molecule has 4 heteroatoms. The zero-order chi connectivity index (χ0) is 8.27. The molecule has 1 heterocycles. The van der Waals surface area contributed by atoms with E-state index in [-0.39, 0.29) is 11.8 Å². The molecule has 2 atom stereocenters. The van der Waals surface area contributed by atoms with E-state index in [1.807, 2.05) is 0 Å². The Morgan fingerprint density at radius 2 is 2.45 bits per heavy atom. The molecule has 0 aromatic rings. The van der Waals surface area contributed by atoms with Crippen LogP contribution in [0.25, 0.3) is 0 Å². The summed E-state index contributed by atoms with van der Waals surface area (Å²) in [5.41, 5.74) is 5.01. The van der Waals surface area contributed by atoms with Gasteiger partial charge in [0.15, 0.2) is 6.29 Å². The summed E-state index contributed by atoms with van der Waals surface area (Å²) in [6.45, 7) is 0.527. The summed E-state index contributed by atoms with van der Waals surface area (Å²) in [4.78, 5) is 10.5. The van der Waals surface area contributed by atoms with Crippen molar-refractivity contribution in [3.05, 3.63) is 0 Å². The number of carbonyl (C=O) groups excluding carboxylic acids is 1. The highest BCUT2D eigenvalue weighted by Gasteiger charge is 2.21. The molecule has 0 aliphatic carbocycles. The molecule has 64 valence electrons. The van der Waals surface area contributed by atoms with E-state index in [1.54, 1.807) is 0 Å². The molecule has 0 saturated carbocycles. The van der Waals surface area contributed by atoms with Gasteiger partial charge in [0, 0.05) is 12.8 Å². The van der Waals surface area contributed by atoms with Gasteiger partial charge in [-0.3, -0.25) is 4.79 Å². The van der Waals surface area contributed by atoms with Gasteiger partial charge in [-0.05, 0) is 12.3 Å². The van der Waals surface area contributed by atoms with Gasteiger partial charge in [-0.25, -0.2) is 0 Å². The molecule has 1 aliphatic rings. The van der Waals surface area contributed by atoms with Crippen molar-refractivity contribution in [1.29, 1.82) is 0 Å². The lowest BCUT2D eigenvalue weighted by molar-refractivity contribution is -0.142. The topological polar surface area (TPSA) is 72.6 Å². The first-order chi connectivity index (χ1) is 5.18. The summed E-state index contributed by atoms with van der Waals surface area (Å²) in [6, 6.07) is 0. The number of amides is 1. The number of primary amides is 1. The lowest BCUT2D eigenvalue weighted by Gasteiger charge is -2.24. The molecule has 1 saturated heterocycles. The predicted molar refractivity (Wildman–Crippen MR) is 38.5 cm³/mol. The molecule has 0 aromatic heterocycles. The fourth-order valence-corrected chi connectivity index (χ4v) is 1.31. The number of ether oxygens (including phenoxy) is 1. The zero-order valence-corrected chi connectivity index (χ0v) is 6.32. The first-order valence-corrected chi connectivity index (χ1v) is 3.76. The van der Waals surface area contributed by atoms with Crippen LogP contribution in [-0.4, -0.2) is 23.9 Å². The van der Waals surface area contributed by atoms with Crippen molar-refractivity contribution in [3.8, 4) is 0 Å². The third kappa shape index (κ3) is 2.86. The third-order valence-electron chi connectivity index (χ3n) is 1.86. The maximum absolute atomic E-state index is 10.5. The second kappa shape index (κ2) is 3.69. The Morgan fingerprint density at radius 3 is 3.00 bits per heavy atom. The van der Waals surface area contributed by atoms with Crippen molar-refractivity contribution in [2.75, 3.05) is 6.61 Å². The quantitative estimate of drug-likeness (QED) is 0.576. The smallest absolute Gasteiger partial charge is 0.217 e. The first-order valence-electron chi connectivity index (χ1n) is 3.76. The Morgan fingerprint density at radius 1 is 1.73 bits per heavy atom. The Bertz CT molecular complexity index is 149. The maximum Gasteiger partial charge on any atom is 0.217 e. The number of hydrogen-bond acceptors (Lipinski definition) is 3. The molecule has 1 amide bonds. The summed E-state index contributed by atoms with van der Waals surface area (Å²) in [6.07, 6.45) is 1.01. The van der Waals surface area contributed by atoms with Gasteiger partial charge < -0.3 is 15.6 Å². The average molecular weight is 159 g/mol. The van der Waals surface area contributed by atoms with Gasteiger partial charge in [0.25, 0.3) is 0 Å². The van der Waals surface area contributed by atoms with Crippen molar-refractivity contribution < 1.29 is 14.6 Å².